The van der Waals surface area contributed by atoms with Crippen LogP contribution in [0.5, 0.6) is 0 Å². The number of hydrogen-bond donors (Lipinski definition) is 2. The molecule has 0 aromatic carbocycles. The third kappa shape index (κ3) is 3.32. The van der Waals surface area contributed by atoms with Crippen molar-refractivity contribution in [3.63, 3.8) is 0 Å². The van der Waals surface area contributed by atoms with Gasteiger partial charge >= 0.3 is 0 Å². The van der Waals surface area contributed by atoms with Crippen LogP contribution in [0.15, 0.2) is 6.20 Å². The number of likely N-dealkylation sites (N-methyl/N-ethyl adjacent to an activating group) is 1. The number of nitrogens with zero attached hydrogens (tertiary/aromatic N) is 2. The van der Waals surface area contributed by atoms with Crippen LogP contribution in [0.4, 0.5) is 0 Å². The standard InChI is InChI=1S/C13H24N4O/c1-6-11-10(12(18)15-8-7-14-5)9-16-17(11)13(2,3)4/h9,14H,6-8H2,1-5H3,(H,15,18). The molecule has 18 heavy (non-hydrogen) atoms. The summed E-state index contributed by atoms with van der Waals surface area (Å²) in [5.41, 5.74) is 1.57. The molecule has 0 aliphatic carbocycles. The number of amides is 1. The second-order valence-electron chi connectivity index (χ2n) is 5.30. The van der Waals surface area contributed by atoms with Crippen molar-refractivity contribution in [3.8, 4) is 0 Å². The lowest BCUT2D eigenvalue weighted by molar-refractivity contribution is 0.0953. The maximum Gasteiger partial charge on any atom is 0.254 e. The van der Waals surface area contributed by atoms with Gasteiger partial charge in [-0.3, -0.25) is 9.48 Å². The van der Waals surface area contributed by atoms with Gasteiger partial charge in [-0.05, 0) is 34.2 Å². The van der Waals surface area contributed by atoms with E-state index in [0.29, 0.717) is 12.1 Å². The number of hydrogen-bond acceptors (Lipinski definition) is 3. The molecular formula is C13H24N4O. The van der Waals surface area contributed by atoms with Crippen molar-refractivity contribution in [1.82, 2.24) is 20.4 Å². The predicted octanol–water partition coefficient (Wildman–Crippen LogP) is 1.15. The zero-order chi connectivity index (χ0) is 13.8. The van der Waals surface area contributed by atoms with Gasteiger partial charge in [-0.1, -0.05) is 6.92 Å². The lowest BCUT2D eigenvalue weighted by atomic mass is 10.1. The molecule has 0 atom stereocenters. The van der Waals surface area contributed by atoms with Crippen molar-refractivity contribution in [2.45, 2.75) is 39.7 Å². The van der Waals surface area contributed by atoms with Gasteiger partial charge in [0.2, 0.25) is 0 Å². The second kappa shape index (κ2) is 6.00. The van der Waals surface area contributed by atoms with Crippen molar-refractivity contribution in [1.29, 1.82) is 0 Å². The summed E-state index contributed by atoms with van der Waals surface area (Å²) in [6, 6.07) is 0. The Morgan fingerprint density at radius 2 is 2.06 bits per heavy atom. The number of rotatable bonds is 5. The minimum atomic E-state index is -0.102. The topological polar surface area (TPSA) is 59.0 Å². The van der Waals surface area contributed by atoms with Gasteiger partial charge in [-0.15, -0.1) is 0 Å². The summed E-state index contributed by atoms with van der Waals surface area (Å²) < 4.78 is 1.93. The fourth-order valence-corrected chi connectivity index (χ4v) is 1.88. The summed E-state index contributed by atoms with van der Waals surface area (Å²) in [5.74, 6) is -0.0439. The van der Waals surface area contributed by atoms with E-state index in [2.05, 4.69) is 36.5 Å². The van der Waals surface area contributed by atoms with Crippen LogP contribution in [0.2, 0.25) is 0 Å². The molecule has 0 fully saturated rings. The van der Waals surface area contributed by atoms with E-state index >= 15 is 0 Å². The molecule has 5 nitrogen and oxygen atoms in total. The largest absolute Gasteiger partial charge is 0.351 e. The SMILES string of the molecule is CCc1c(C(=O)NCCNC)cnn1C(C)(C)C. The fraction of sp³-hybridized carbons (Fsp3) is 0.692. The van der Waals surface area contributed by atoms with Crippen LogP contribution in [0.3, 0.4) is 0 Å². The molecule has 1 aromatic heterocycles. The normalized spacial score (nSPS) is 11.6. The van der Waals surface area contributed by atoms with E-state index in [1.165, 1.54) is 0 Å². The van der Waals surface area contributed by atoms with E-state index < -0.39 is 0 Å². The third-order valence-electron chi connectivity index (χ3n) is 2.74. The number of aromatic nitrogens is 2. The van der Waals surface area contributed by atoms with Crippen LogP contribution in [0, 0.1) is 0 Å². The van der Waals surface area contributed by atoms with Crippen LogP contribution in [0.1, 0.15) is 43.7 Å². The van der Waals surface area contributed by atoms with Gasteiger partial charge < -0.3 is 10.6 Å². The lowest BCUT2D eigenvalue weighted by Gasteiger charge is -2.22. The highest BCUT2D eigenvalue weighted by atomic mass is 16.1. The Labute approximate surface area is 109 Å². The monoisotopic (exact) mass is 252 g/mol. The van der Waals surface area contributed by atoms with Gasteiger partial charge in [0.25, 0.3) is 5.91 Å². The Morgan fingerprint density at radius 3 is 2.56 bits per heavy atom. The average Bonchev–Trinajstić information content (AvgIpc) is 2.72. The van der Waals surface area contributed by atoms with Crippen LogP contribution in [-0.4, -0.2) is 35.8 Å². The molecule has 0 saturated carbocycles. The minimum Gasteiger partial charge on any atom is -0.351 e. The summed E-state index contributed by atoms with van der Waals surface area (Å²) in [6.07, 6.45) is 2.46. The van der Waals surface area contributed by atoms with Crippen molar-refractivity contribution in [3.05, 3.63) is 17.5 Å². The first-order valence-corrected chi connectivity index (χ1v) is 6.42. The van der Waals surface area contributed by atoms with Gasteiger partial charge in [0.15, 0.2) is 0 Å². The summed E-state index contributed by atoms with van der Waals surface area (Å²) in [7, 11) is 1.86. The fourth-order valence-electron chi connectivity index (χ4n) is 1.88. The van der Waals surface area contributed by atoms with E-state index in [1.807, 2.05) is 18.7 Å². The van der Waals surface area contributed by atoms with E-state index in [9.17, 15) is 4.79 Å². The molecule has 1 rings (SSSR count). The van der Waals surface area contributed by atoms with E-state index in [-0.39, 0.29) is 11.4 Å². The van der Waals surface area contributed by atoms with E-state index in [1.54, 1.807) is 6.20 Å². The highest BCUT2D eigenvalue weighted by Crippen LogP contribution is 2.19. The molecule has 1 amide bonds. The van der Waals surface area contributed by atoms with Crippen molar-refractivity contribution in [2.75, 3.05) is 20.1 Å². The number of nitrogens with one attached hydrogen (secondary N) is 2. The molecule has 5 heteroatoms. The summed E-state index contributed by atoms with van der Waals surface area (Å²) in [6.45, 7) is 9.69. The molecule has 102 valence electrons. The Hall–Kier alpha value is -1.36. The zero-order valence-electron chi connectivity index (χ0n) is 12.0. The quantitative estimate of drug-likeness (QED) is 0.773. The summed E-state index contributed by atoms with van der Waals surface area (Å²) in [5, 5.41) is 10.2. The first kappa shape index (κ1) is 14.7. The van der Waals surface area contributed by atoms with Crippen molar-refractivity contribution in [2.24, 2.45) is 0 Å². The van der Waals surface area contributed by atoms with E-state index in [4.69, 9.17) is 0 Å². The smallest absolute Gasteiger partial charge is 0.254 e. The van der Waals surface area contributed by atoms with Crippen LogP contribution >= 0.6 is 0 Å². The molecule has 1 aromatic rings. The van der Waals surface area contributed by atoms with Crippen molar-refractivity contribution < 1.29 is 4.79 Å². The molecule has 1 heterocycles. The average molecular weight is 252 g/mol. The summed E-state index contributed by atoms with van der Waals surface area (Å²) in [4.78, 5) is 12.0. The predicted molar refractivity (Wildman–Crippen MR) is 72.9 cm³/mol. The van der Waals surface area contributed by atoms with Crippen LogP contribution < -0.4 is 10.6 Å². The first-order valence-electron chi connectivity index (χ1n) is 6.42. The molecular weight excluding hydrogens is 228 g/mol. The molecule has 0 radical (unpaired) electrons. The molecule has 0 unspecified atom stereocenters. The molecule has 0 aliphatic heterocycles. The maximum absolute atomic E-state index is 12.0. The van der Waals surface area contributed by atoms with Gasteiger partial charge in [-0.25, -0.2) is 0 Å². The molecule has 0 spiro atoms. The number of carbonyl (C=O) groups is 1. The Kier molecular flexibility index (Phi) is 4.90. The highest BCUT2D eigenvalue weighted by Gasteiger charge is 2.22. The first-order chi connectivity index (χ1) is 8.41. The Balaban J connectivity index is 2.90. The zero-order valence-corrected chi connectivity index (χ0v) is 12.0. The van der Waals surface area contributed by atoms with Crippen LogP contribution in [0.25, 0.3) is 0 Å². The van der Waals surface area contributed by atoms with Gasteiger partial charge in [0.1, 0.15) is 0 Å². The number of carbonyl (C=O) groups excluding carboxylic acids is 1. The highest BCUT2D eigenvalue weighted by molar-refractivity contribution is 5.95. The van der Waals surface area contributed by atoms with Crippen molar-refractivity contribution >= 4 is 5.91 Å². The van der Waals surface area contributed by atoms with Gasteiger partial charge in [-0.2, -0.15) is 5.10 Å². The second-order valence-corrected chi connectivity index (χ2v) is 5.30. The van der Waals surface area contributed by atoms with E-state index in [0.717, 1.165) is 18.7 Å². The Morgan fingerprint density at radius 1 is 1.39 bits per heavy atom. The van der Waals surface area contributed by atoms with Gasteiger partial charge in [0.05, 0.1) is 23.0 Å². The molecule has 0 saturated heterocycles. The Bertz CT molecular complexity index is 404. The molecule has 0 aliphatic rings. The van der Waals surface area contributed by atoms with Gasteiger partial charge in [0, 0.05) is 13.1 Å². The van der Waals surface area contributed by atoms with Crippen LogP contribution in [-0.2, 0) is 12.0 Å². The molecule has 0 bridgehead atoms. The maximum atomic E-state index is 12.0. The molecule has 2 N–H and O–H groups in total. The lowest BCUT2D eigenvalue weighted by Crippen LogP contribution is -2.31. The summed E-state index contributed by atoms with van der Waals surface area (Å²) >= 11 is 0. The minimum absolute atomic E-state index is 0.0439. The third-order valence-corrected chi connectivity index (χ3v) is 2.74.